The number of hydrogen-bond acceptors (Lipinski definition) is 5. The van der Waals surface area contributed by atoms with Crippen molar-refractivity contribution in [2.75, 3.05) is 13.7 Å². The molecule has 1 aromatic heterocycles. The highest BCUT2D eigenvalue weighted by Crippen LogP contribution is 2.24. The molecule has 1 aliphatic heterocycles. The Morgan fingerprint density at radius 1 is 1.31 bits per heavy atom. The van der Waals surface area contributed by atoms with Crippen molar-refractivity contribution in [1.29, 1.82) is 0 Å². The fourth-order valence-corrected chi connectivity index (χ4v) is 1.72. The summed E-state index contributed by atoms with van der Waals surface area (Å²) in [7, 11) is 1.62. The molecule has 0 aromatic carbocycles. The lowest BCUT2D eigenvalue weighted by atomic mass is 10.1. The summed E-state index contributed by atoms with van der Waals surface area (Å²) in [5.74, 6) is 0.618. The van der Waals surface area contributed by atoms with E-state index in [1.807, 2.05) is 13.8 Å². The van der Waals surface area contributed by atoms with Crippen LogP contribution in [0.1, 0.15) is 25.1 Å². The number of nitrogens with one attached hydrogen (secondary N) is 1. The number of aromatic nitrogens is 2. The third-order valence-corrected chi connectivity index (χ3v) is 2.41. The van der Waals surface area contributed by atoms with Gasteiger partial charge >= 0.3 is 6.01 Å². The van der Waals surface area contributed by atoms with Crippen molar-refractivity contribution in [3.63, 3.8) is 0 Å². The van der Waals surface area contributed by atoms with Gasteiger partial charge in [0.2, 0.25) is 5.88 Å². The summed E-state index contributed by atoms with van der Waals surface area (Å²) in [6.45, 7) is 5.61. The monoisotopic (exact) mass is 223 g/mol. The second-order valence-corrected chi connectivity index (χ2v) is 4.03. The minimum Gasteiger partial charge on any atom is -0.481 e. The van der Waals surface area contributed by atoms with Crippen molar-refractivity contribution < 1.29 is 9.47 Å². The Kier molecular flexibility index (Phi) is 3.24. The van der Waals surface area contributed by atoms with Gasteiger partial charge in [0.1, 0.15) is 0 Å². The van der Waals surface area contributed by atoms with E-state index in [0.717, 1.165) is 30.8 Å². The van der Waals surface area contributed by atoms with Crippen LogP contribution in [0, 0.1) is 0 Å². The summed E-state index contributed by atoms with van der Waals surface area (Å²) >= 11 is 0. The number of nitrogens with zero attached hydrogens (tertiary/aromatic N) is 2. The van der Waals surface area contributed by atoms with Gasteiger partial charge in [0, 0.05) is 25.1 Å². The highest BCUT2D eigenvalue weighted by Gasteiger charge is 2.18. The lowest BCUT2D eigenvalue weighted by molar-refractivity contribution is 0.217. The molecule has 0 saturated carbocycles. The molecule has 2 rings (SSSR count). The molecule has 0 radical (unpaired) electrons. The Hall–Kier alpha value is -1.36. The maximum absolute atomic E-state index is 5.50. The molecule has 1 N–H and O–H groups in total. The first-order valence-corrected chi connectivity index (χ1v) is 5.52. The molecule has 1 aliphatic rings. The summed E-state index contributed by atoms with van der Waals surface area (Å²) < 4.78 is 10.8. The molecule has 1 aromatic rings. The van der Waals surface area contributed by atoms with Gasteiger partial charge in [-0.15, -0.1) is 0 Å². The highest BCUT2D eigenvalue weighted by molar-refractivity contribution is 5.34. The number of hydrogen-bond donors (Lipinski definition) is 1. The third kappa shape index (κ3) is 2.24. The first kappa shape index (κ1) is 11.1. The topological polar surface area (TPSA) is 56.3 Å². The quantitative estimate of drug-likeness (QED) is 0.825. The van der Waals surface area contributed by atoms with Crippen molar-refractivity contribution in [3.8, 4) is 11.9 Å². The van der Waals surface area contributed by atoms with Gasteiger partial charge in [-0.05, 0) is 13.8 Å². The first-order chi connectivity index (χ1) is 7.70. The summed E-state index contributed by atoms with van der Waals surface area (Å²) in [6.07, 6.45) is 0.965. The predicted octanol–water partition coefficient (Wildman–Crippen LogP) is 0.918. The second-order valence-electron chi connectivity index (χ2n) is 4.03. The lowest BCUT2D eigenvalue weighted by Gasteiger charge is -2.19. The van der Waals surface area contributed by atoms with Crippen LogP contribution >= 0.6 is 0 Å². The van der Waals surface area contributed by atoms with Crippen LogP contribution in [-0.4, -0.2) is 29.7 Å². The number of ether oxygens (including phenoxy) is 2. The summed E-state index contributed by atoms with van der Waals surface area (Å²) in [5.41, 5.74) is 2.08. The minimum atomic E-state index is 0.0736. The summed E-state index contributed by atoms with van der Waals surface area (Å²) in [6, 6.07) is 0.410. The van der Waals surface area contributed by atoms with Gasteiger partial charge in [0.05, 0.1) is 18.9 Å². The molecule has 0 spiro atoms. The van der Waals surface area contributed by atoms with Gasteiger partial charge in [-0.1, -0.05) is 0 Å². The molecule has 0 bridgehead atoms. The van der Waals surface area contributed by atoms with E-state index in [0.29, 0.717) is 11.9 Å². The van der Waals surface area contributed by atoms with Gasteiger partial charge in [0.15, 0.2) is 0 Å². The fourth-order valence-electron chi connectivity index (χ4n) is 1.72. The second kappa shape index (κ2) is 4.65. The SMILES string of the molecule is COc1nc(OC(C)C)nc2c1CNCC2. The van der Waals surface area contributed by atoms with Crippen LogP contribution in [-0.2, 0) is 13.0 Å². The standard InChI is InChI=1S/C11H17N3O2/c1-7(2)16-11-13-9-4-5-12-6-8(9)10(14-11)15-3/h7,12H,4-6H2,1-3H3. The van der Waals surface area contributed by atoms with Gasteiger partial charge < -0.3 is 14.8 Å². The fraction of sp³-hybridized carbons (Fsp3) is 0.636. The normalized spacial score (nSPS) is 14.8. The molecule has 16 heavy (non-hydrogen) atoms. The van der Waals surface area contributed by atoms with Gasteiger partial charge in [-0.3, -0.25) is 0 Å². The largest absolute Gasteiger partial charge is 0.481 e. The molecule has 0 amide bonds. The molecule has 0 saturated heterocycles. The van der Waals surface area contributed by atoms with Crippen LogP contribution in [0.4, 0.5) is 0 Å². The van der Waals surface area contributed by atoms with Crippen molar-refractivity contribution in [3.05, 3.63) is 11.3 Å². The smallest absolute Gasteiger partial charge is 0.320 e. The third-order valence-electron chi connectivity index (χ3n) is 2.41. The van der Waals surface area contributed by atoms with Crippen LogP contribution in [0.2, 0.25) is 0 Å². The first-order valence-electron chi connectivity index (χ1n) is 5.52. The molecule has 2 heterocycles. The van der Waals surface area contributed by atoms with E-state index in [1.165, 1.54) is 0 Å². The van der Waals surface area contributed by atoms with E-state index in [1.54, 1.807) is 7.11 Å². The van der Waals surface area contributed by atoms with Gasteiger partial charge in [-0.25, -0.2) is 0 Å². The number of rotatable bonds is 3. The molecule has 5 nitrogen and oxygen atoms in total. The minimum absolute atomic E-state index is 0.0736. The zero-order valence-corrected chi connectivity index (χ0v) is 9.91. The van der Waals surface area contributed by atoms with E-state index in [4.69, 9.17) is 9.47 Å². The highest BCUT2D eigenvalue weighted by atomic mass is 16.5. The Balaban J connectivity index is 2.35. The zero-order valence-electron chi connectivity index (χ0n) is 9.91. The summed E-state index contributed by atoms with van der Waals surface area (Å²) in [5, 5.41) is 3.28. The van der Waals surface area contributed by atoms with Crippen molar-refractivity contribution in [2.24, 2.45) is 0 Å². The van der Waals surface area contributed by atoms with Crippen LogP contribution in [0.15, 0.2) is 0 Å². The maximum atomic E-state index is 5.50. The summed E-state index contributed by atoms with van der Waals surface area (Å²) in [4.78, 5) is 8.66. The molecule has 0 aliphatic carbocycles. The molecule has 0 unspecified atom stereocenters. The molecule has 0 fully saturated rings. The predicted molar refractivity (Wildman–Crippen MR) is 59.8 cm³/mol. The number of methoxy groups -OCH3 is 1. The molecular formula is C11H17N3O2. The van der Waals surface area contributed by atoms with E-state index >= 15 is 0 Å². The maximum Gasteiger partial charge on any atom is 0.320 e. The van der Waals surface area contributed by atoms with Gasteiger partial charge in [-0.2, -0.15) is 9.97 Å². The Morgan fingerprint density at radius 2 is 2.12 bits per heavy atom. The zero-order chi connectivity index (χ0) is 11.5. The molecule has 5 heteroatoms. The van der Waals surface area contributed by atoms with Crippen LogP contribution in [0.5, 0.6) is 11.9 Å². The van der Waals surface area contributed by atoms with E-state index in [2.05, 4.69) is 15.3 Å². The Bertz CT molecular complexity index is 362. The van der Waals surface area contributed by atoms with Crippen LogP contribution in [0.3, 0.4) is 0 Å². The Labute approximate surface area is 95.2 Å². The van der Waals surface area contributed by atoms with E-state index in [9.17, 15) is 0 Å². The average molecular weight is 223 g/mol. The van der Waals surface area contributed by atoms with Crippen LogP contribution < -0.4 is 14.8 Å². The van der Waals surface area contributed by atoms with Crippen molar-refractivity contribution in [1.82, 2.24) is 15.3 Å². The van der Waals surface area contributed by atoms with Gasteiger partial charge in [0.25, 0.3) is 0 Å². The molecule has 88 valence electrons. The Morgan fingerprint density at radius 3 is 2.81 bits per heavy atom. The van der Waals surface area contributed by atoms with E-state index in [-0.39, 0.29) is 6.10 Å². The van der Waals surface area contributed by atoms with Crippen molar-refractivity contribution in [2.45, 2.75) is 32.9 Å². The van der Waals surface area contributed by atoms with E-state index < -0.39 is 0 Å². The van der Waals surface area contributed by atoms with Crippen molar-refractivity contribution >= 4 is 0 Å². The molecule has 0 atom stereocenters. The van der Waals surface area contributed by atoms with Crippen LogP contribution in [0.25, 0.3) is 0 Å². The molecular weight excluding hydrogens is 206 g/mol. The lowest BCUT2D eigenvalue weighted by Crippen LogP contribution is -2.26. The number of fused-ring (bicyclic) bond motifs is 1. The average Bonchev–Trinajstić information content (AvgIpc) is 2.27.